The van der Waals surface area contributed by atoms with Crippen LogP contribution in [-0.4, -0.2) is 77.4 Å². The van der Waals surface area contributed by atoms with Gasteiger partial charge in [-0.25, -0.2) is 17.6 Å². The molecule has 6 rings (SSSR count). The van der Waals surface area contributed by atoms with Gasteiger partial charge in [0.05, 0.1) is 36.1 Å². The van der Waals surface area contributed by atoms with E-state index in [1.165, 1.54) is 53.4 Å². The van der Waals surface area contributed by atoms with E-state index in [0.717, 1.165) is 75.8 Å². The normalized spacial score (nSPS) is 12.1. The predicted molar refractivity (Wildman–Crippen MR) is 268 cm³/mol. The maximum atomic E-state index is 13.7. The van der Waals surface area contributed by atoms with Gasteiger partial charge in [-0.15, -0.1) is 10.6 Å². The minimum Gasteiger partial charge on any atom is -0.344 e. The van der Waals surface area contributed by atoms with Gasteiger partial charge in [0.1, 0.15) is 17.1 Å². The van der Waals surface area contributed by atoms with Gasteiger partial charge in [-0.1, -0.05) is 69.4 Å². The van der Waals surface area contributed by atoms with Crippen LogP contribution < -0.4 is 32.2 Å². The Hall–Kier alpha value is -7.62. The minimum atomic E-state index is -1.12. The fourth-order valence-electron chi connectivity index (χ4n) is 8.99. The quantitative estimate of drug-likeness (QED) is 0.0130. The average molecular weight is 1030 g/mol. The summed E-state index contributed by atoms with van der Waals surface area (Å²) in [5, 5.41) is 20.4. The van der Waals surface area contributed by atoms with Crippen molar-refractivity contribution in [3.05, 3.63) is 128 Å². The van der Waals surface area contributed by atoms with E-state index in [0.29, 0.717) is 29.3 Å². The van der Waals surface area contributed by atoms with Crippen LogP contribution in [0.15, 0.2) is 54.5 Å². The van der Waals surface area contributed by atoms with Crippen molar-refractivity contribution < 1.29 is 46.3 Å². The Morgan fingerprint density at radius 1 is 0.568 bits per heavy atom. The van der Waals surface area contributed by atoms with Crippen LogP contribution in [0, 0.1) is 51.0 Å². The molecule has 1 aliphatic heterocycles. The molecule has 396 valence electrons. The second-order valence-electron chi connectivity index (χ2n) is 18.5. The van der Waals surface area contributed by atoms with Gasteiger partial charge >= 0.3 is 0 Å². The van der Waals surface area contributed by atoms with Crippen molar-refractivity contribution in [1.29, 1.82) is 0 Å². The van der Waals surface area contributed by atoms with Gasteiger partial charge in [0, 0.05) is 68.3 Å². The molecule has 0 atom stereocenters. The first kappa shape index (κ1) is 55.7. The predicted octanol–water partition coefficient (Wildman–Crippen LogP) is 7.60. The minimum absolute atomic E-state index is 0.0102. The summed E-state index contributed by atoms with van der Waals surface area (Å²) in [4.78, 5) is 78.5. The van der Waals surface area contributed by atoms with Gasteiger partial charge in [-0.05, 0) is 75.9 Å². The number of anilines is 2. The maximum Gasteiger partial charge on any atom is 0.292 e. The summed E-state index contributed by atoms with van der Waals surface area (Å²) < 4.78 is 58.8. The molecule has 3 aromatic heterocycles. The number of Topliss-reactive ketones (excluding diaryl/α,β-unsaturated/α-hetero) is 2. The van der Waals surface area contributed by atoms with Crippen LogP contribution in [0.1, 0.15) is 147 Å². The van der Waals surface area contributed by atoms with Crippen LogP contribution in [0.3, 0.4) is 0 Å². The molecule has 0 bridgehead atoms. The number of unbranched alkanes of at least 4 members (excludes halogenated alkanes) is 11. The van der Waals surface area contributed by atoms with Gasteiger partial charge < -0.3 is 35.8 Å². The molecule has 2 aromatic carbocycles. The van der Waals surface area contributed by atoms with Crippen molar-refractivity contribution in [2.75, 3.05) is 23.7 Å². The van der Waals surface area contributed by atoms with Crippen LogP contribution in [0.25, 0.3) is 0 Å². The highest BCUT2D eigenvalue weighted by atomic mass is 19.2. The summed E-state index contributed by atoms with van der Waals surface area (Å²) in [5.74, 6) is -8.94. The lowest BCUT2D eigenvalue weighted by Crippen LogP contribution is -2.39. The van der Waals surface area contributed by atoms with Gasteiger partial charge in [0.15, 0.2) is 23.3 Å². The van der Waals surface area contributed by atoms with Crippen LogP contribution in [0.5, 0.6) is 0 Å². The van der Waals surface area contributed by atoms with Crippen molar-refractivity contribution in [1.82, 2.24) is 50.7 Å². The van der Waals surface area contributed by atoms with E-state index in [4.69, 9.17) is 0 Å². The van der Waals surface area contributed by atoms with Crippen LogP contribution in [-0.2, 0) is 36.8 Å². The van der Waals surface area contributed by atoms with Crippen molar-refractivity contribution in [2.24, 2.45) is 14.1 Å². The zero-order valence-electron chi connectivity index (χ0n) is 42.6. The summed E-state index contributed by atoms with van der Waals surface area (Å²) in [6, 6.07) is 5.94. The molecule has 22 heteroatoms. The molecule has 74 heavy (non-hydrogen) atoms. The number of hydrogen-bond donors (Lipinski definition) is 6. The number of aryl methyl sites for hydroxylation is 1. The molecule has 0 radical (unpaired) electrons. The van der Waals surface area contributed by atoms with E-state index in [9.17, 15) is 46.3 Å². The standard InChI is InChI=1S/C52H64F4N12O6/c1-31-43(33(3)65(5)45(31)49(71)59-35-19-21-39(53)41(55)25-35)47(69)51(73)57-27-37-29-67(63-61-37)23-17-15-13-11-9-7-8-10-12-14-16-18-24-68-30-38(62-64-68)28-58-52(74)48(70)44-32(2)46(66(6)34(44)4)50(72)60-36-20-22-40(54)42(56)26-36/h19-22,25-26,29-30,61,63H,7-18,23-24,27-28H2,1-6H3,(H,57,73)(H,58,74)(H,59,71)(H,60,72). The molecule has 6 N–H and O–H groups in total. The Labute approximate surface area is 426 Å². The summed E-state index contributed by atoms with van der Waals surface area (Å²) in [7, 11) is 3.15. The SMILES string of the molecule is Cc1c(C(=O)C(=O)NCC2=CN(CCCCCCCCCCCCCCn3cc(CNC(=O)C(=O)c4c(C)c(C(=O)Nc5ccc(F)c(F)c5)n(C)c4C)nn3)NN2)c(C)n(C)c1C(=O)Nc1ccc(F)c(F)c1. The van der Waals surface area contributed by atoms with E-state index < -0.39 is 58.5 Å². The zero-order chi connectivity index (χ0) is 53.6. The van der Waals surface area contributed by atoms with Crippen molar-refractivity contribution in [2.45, 2.75) is 118 Å². The highest BCUT2D eigenvalue weighted by Crippen LogP contribution is 2.26. The third-order valence-corrected chi connectivity index (χ3v) is 13.2. The monoisotopic (exact) mass is 1030 g/mol. The smallest absolute Gasteiger partial charge is 0.292 e. The number of nitrogens with zero attached hydrogens (tertiary/aromatic N) is 6. The molecule has 0 saturated carbocycles. The van der Waals surface area contributed by atoms with Crippen LogP contribution in [0.2, 0.25) is 0 Å². The molecule has 4 amide bonds. The Morgan fingerprint density at radius 3 is 1.46 bits per heavy atom. The molecule has 0 aliphatic carbocycles. The largest absolute Gasteiger partial charge is 0.344 e. The molecular weight excluding hydrogens is 965 g/mol. The highest BCUT2D eigenvalue weighted by molar-refractivity contribution is 6.44. The fourth-order valence-corrected chi connectivity index (χ4v) is 8.99. The zero-order valence-corrected chi connectivity index (χ0v) is 42.6. The molecule has 4 heterocycles. The van der Waals surface area contributed by atoms with Gasteiger partial charge in [-0.3, -0.25) is 38.5 Å². The molecule has 5 aromatic rings. The number of benzene rings is 2. The average Bonchev–Trinajstić information content (AvgIpc) is 4.13. The Morgan fingerprint density at radius 2 is 1.00 bits per heavy atom. The molecule has 18 nitrogen and oxygen atoms in total. The summed E-state index contributed by atoms with van der Waals surface area (Å²) in [5.41, 5.74) is 9.05. The first-order valence-corrected chi connectivity index (χ1v) is 24.7. The first-order chi connectivity index (χ1) is 35.4. The lowest BCUT2D eigenvalue weighted by Gasteiger charge is -2.14. The van der Waals surface area contributed by atoms with E-state index in [1.54, 1.807) is 52.7 Å². The molecule has 0 fully saturated rings. The van der Waals surface area contributed by atoms with E-state index in [2.05, 4.69) is 42.5 Å². The molecule has 0 unspecified atom stereocenters. The number of aromatic nitrogens is 5. The number of halogens is 4. The molecule has 0 spiro atoms. The van der Waals surface area contributed by atoms with Crippen molar-refractivity contribution in [3.8, 4) is 0 Å². The number of hydrogen-bond acceptors (Lipinski definition) is 11. The number of carbonyl (C=O) groups is 6. The number of hydrazine groups is 2. The maximum absolute atomic E-state index is 13.7. The van der Waals surface area contributed by atoms with E-state index >= 15 is 0 Å². The Bertz CT molecular complexity index is 2920. The third-order valence-electron chi connectivity index (χ3n) is 13.2. The number of amides is 4. The Kier molecular flexibility index (Phi) is 19.5. The summed E-state index contributed by atoms with van der Waals surface area (Å²) in [6.07, 6.45) is 17.0. The Balaban J connectivity index is 0.774. The summed E-state index contributed by atoms with van der Waals surface area (Å²) in [6.45, 7) is 7.83. The van der Waals surface area contributed by atoms with Gasteiger partial charge in [0.25, 0.3) is 35.2 Å². The number of nitrogens with one attached hydrogen (secondary N) is 6. The number of carbonyl (C=O) groups excluding carboxylic acids is 6. The molecular formula is C52H64F4N12O6. The van der Waals surface area contributed by atoms with E-state index in [1.807, 2.05) is 11.2 Å². The lowest BCUT2D eigenvalue weighted by atomic mass is 10.0. The van der Waals surface area contributed by atoms with Crippen LogP contribution >= 0.6 is 0 Å². The van der Waals surface area contributed by atoms with Crippen LogP contribution in [0.4, 0.5) is 28.9 Å². The molecule has 1 aliphatic rings. The first-order valence-electron chi connectivity index (χ1n) is 24.7. The van der Waals surface area contributed by atoms with Gasteiger partial charge in [-0.2, -0.15) is 0 Å². The van der Waals surface area contributed by atoms with Crippen molar-refractivity contribution >= 4 is 46.6 Å². The summed E-state index contributed by atoms with van der Waals surface area (Å²) >= 11 is 0. The number of ketones is 2. The van der Waals surface area contributed by atoms with Crippen molar-refractivity contribution in [3.63, 3.8) is 0 Å². The fraction of sp³-hybridized carbons (Fsp3) is 0.423. The van der Waals surface area contributed by atoms with E-state index in [-0.39, 0.29) is 58.1 Å². The van der Waals surface area contributed by atoms with Gasteiger partial charge in [0.2, 0.25) is 0 Å². The lowest BCUT2D eigenvalue weighted by molar-refractivity contribution is -0.117. The second kappa shape index (κ2) is 25.9. The topological polar surface area (TPSA) is 218 Å². The molecule has 0 saturated heterocycles. The third kappa shape index (κ3) is 14.1. The number of rotatable bonds is 27. The highest BCUT2D eigenvalue weighted by Gasteiger charge is 2.30. The second-order valence-corrected chi connectivity index (χ2v) is 18.5.